The lowest BCUT2D eigenvalue weighted by molar-refractivity contribution is 0.0965. The summed E-state index contributed by atoms with van der Waals surface area (Å²) in [7, 11) is 0. The predicted molar refractivity (Wildman–Crippen MR) is 67.1 cm³/mol. The smallest absolute Gasteiger partial charge is 0.259 e. The third kappa shape index (κ3) is 3.01. The van der Waals surface area contributed by atoms with Crippen molar-refractivity contribution >= 4 is 12.0 Å². The number of halogens is 1. The molecular weight excluding hydrogens is 231 g/mol. The molecule has 2 rings (SSSR count). The minimum atomic E-state index is -0.775. The third-order valence-corrected chi connectivity index (χ3v) is 2.29. The van der Waals surface area contributed by atoms with Crippen molar-refractivity contribution in [1.82, 2.24) is 10.3 Å². The highest BCUT2D eigenvalue weighted by Crippen LogP contribution is 2.03. The Morgan fingerprint density at radius 1 is 1.17 bits per heavy atom. The van der Waals surface area contributed by atoms with Gasteiger partial charge in [-0.3, -0.25) is 4.79 Å². The number of nitrogens with zero attached hydrogens (tertiary/aromatic N) is 1. The normalized spacial score (nSPS) is 10.5. The van der Waals surface area contributed by atoms with Gasteiger partial charge in [0, 0.05) is 12.4 Å². The van der Waals surface area contributed by atoms with Gasteiger partial charge in [0.15, 0.2) is 0 Å². The number of carbonyl (C=O) groups excluding carboxylic acids is 1. The van der Waals surface area contributed by atoms with E-state index in [1.165, 1.54) is 24.5 Å². The highest BCUT2D eigenvalue weighted by Gasteiger charge is 2.09. The number of aromatic nitrogens is 1. The molecule has 1 N–H and O–H groups in total. The summed E-state index contributed by atoms with van der Waals surface area (Å²) in [5.74, 6) is -1.30. The summed E-state index contributed by atoms with van der Waals surface area (Å²) >= 11 is 0. The summed E-state index contributed by atoms with van der Waals surface area (Å²) in [5.41, 5.74) is 0.875. The topological polar surface area (TPSA) is 42.0 Å². The molecule has 0 atom stereocenters. The van der Waals surface area contributed by atoms with Gasteiger partial charge in [-0.1, -0.05) is 30.3 Å². The standard InChI is InChI=1S/C14H11FN2O/c15-13-12(7-4-9-16-13)14(18)17-10-8-11-5-2-1-3-6-11/h1-10H,(H,17,18). The number of pyridine rings is 1. The van der Waals surface area contributed by atoms with Crippen molar-refractivity contribution in [2.45, 2.75) is 0 Å². The van der Waals surface area contributed by atoms with Crippen LogP contribution in [0.4, 0.5) is 4.39 Å². The zero-order valence-corrected chi connectivity index (χ0v) is 9.51. The molecule has 4 heteroatoms. The van der Waals surface area contributed by atoms with Gasteiger partial charge in [-0.15, -0.1) is 0 Å². The van der Waals surface area contributed by atoms with Crippen molar-refractivity contribution < 1.29 is 9.18 Å². The fraction of sp³-hybridized carbons (Fsp3) is 0. The maximum absolute atomic E-state index is 13.2. The van der Waals surface area contributed by atoms with Gasteiger partial charge in [0.05, 0.1) is 5.56 Å². The summed E-state index contributed by atoms with van der Waals surface area (Å²) in [6, 6.07) is 12.4. The Labute approximate surface area is 104 Å². The third-order valence-electron chi connectivity index (χ3n) is 2.29. The number of rotatable bonds is 3. The average molecular weight is 242 g/mol. The Morgan fingerprint density at radius 3 is 2.67 bits per heavy atom. The molecule has 0 aliphatic carbocycles. The molecule has 0 unspecified atom stereocenters. The number of hydrogen-bond acceptors (Lipinski definition) is 2. The Morgan fingerprint density at radius 2 is 1.94 bits per heavy atom. The van der Waals surface area contributed by atoms with Crippen LogP contribution in [0.2, 0.25) is 0 Å². The number of hydrogen-bond donors (Lipinski definition) is 1. The molecule has 1 heterocycles. The molecule has 3 nitrogen and oxygen atoms in total. The van der Waals surface area contributed by atoms with Crippen LogP contribution in [-0.4, -0.2) is 10.9 Å². The first-order valence-electron chi connectivity index (χ1n) is 5.40. The first-order chi connectivity index (χ1) is 8.77. The average Bonchev–Trinajstić information content (AvgIpc) is 2.40. The minimum absolute atomic E-state index is 0.0739. The van der Waals surface area contributed by atoms with E-state index in [-0.39, 0.29) is 5.56 Å². The van der Waals surface area contributed by atoms with Crippen molar-refractivity contribution in [1.29, 1.82) is 0 Å². The van der Waals surface area contributed by atoms with Gasteiger partial charge >= 0.3 is 0 Å². The molecule has 90 valence electrons. The highest BCUT2D eigenvalue weighted by molar-refractivity contribution is 5.95. The van der Waals surface area contributed by atoms with E-state index in [4.69, 9.17) is 0 Å². The van der Waals surface area contributed by atoms with E-state index in [1.54, 1.807) is 6.08 Å². The van der Waals surface area contributed by atoms with Crippen LogP contribution in [-0.2, 0) is 0 Å². The maximum atomic E-state index is 13.2. The van der Waals surface area contributed by atoms with Crippen LogP contribution in [0.3, 0.4) is 0 Å². The largest absolute Gasteiger partial charge is 0.328 e. The number of carbonyl (C=O) groups is 1. The fourth-order valence-corrected chi connectivity index (χ4v) is 1.41. The molecule has 0 fully saturated rings. The predicted octanol–water partition coefficient (Wildman–Crippen LogP) is 2.62. The molecule has 2 aromatic rings. The lowest BCUT2D eigenvalue weighted by Crippen LogP contribution is -2.18. The Hall–Kier alpha value is -2.49. The van der Waals surface area contributed by atoms with E-state index in [9.17, 15) is 9.18 Å². The summed E-state index contributed by atoms with van der Waals surface area (Å²) in [6.07, 6.45) is 4.50. The van der Waals surface area contributed by atoms with Gasteiger partial charge < -0.3 is 5.32 Å². The van der Waals surface area contributed by atoms with E-state index in [2.05, 4.69) is 10.3 Å². The summed E-state index contributed by atoms with van der Waals surface area (Å²) in [5, 5.41) is 2.49. The van der Waals surface area contributed by atoms with Gasteiger partial charge in [0.25, 0.3) is 5.91 Å². The second-order valence-corrected chi connectivity index (χ2v) is 3.56. The van der Waals surface area contributed by atoms with Crippen molar-refractivity contribution in [2.75, 3.05) is 0 Å². The maximum Gasteiger partial charge on any atom is 0.259 e. The second kappa shape index (κ2) is 5.72. The van der Waals surface area contributed by atoms with Crippen LogP contribution in [0.5, 0.6) is 0 Å². The summed E-state index contributed by atoms with van der Waals surface area (Å²) < 4.78 is 13.2. The van der Waals surface area contributed by atoms with Crippen LogP contribution in [0.15, 0.2) is 54.9 Å². The van der Waals surface area contributed by atoms with Crippen LogP contribution in [0.1, 0.15) is 15.9 Å². The molecule has 0 aliphatic heterocycles. The van der Waals surface area contributed by atoms with Crippen molar-refractivity contribution in [3.8, 4) is 0 Å². The zero-order valence-electron chi connectivity index (χ0n) is 9.51. The lowest BCUT2D eigenvalue weighted by Gasteiger charge is -2.00. The summed E-state index contributed by atoms with van der Waals surface area (Å²) in [4.78, 5) is 15.0. The monoisotopic (exact) mass is 242 g/mol. The lowest BCUT2D eigenvalue weighted by atomic mass is 10.2. The molecular formula is C14H11FN2O. The van der Waals surface area contributed by atoms with Gasteiger partial charge in [-0.25, -0.2) is 4.98 Å². The van der Waals surface area contributed by atoms with E-state index in [0.29, 0.717) is 0 Å². The molecule has 0 bridgehead atoms. The Balaban J connectivity index is 2.01. The van der Waals surface area contributed by atoms with E-state index in [0.717, 1.165) is 5.56 Å². The van der Waals surface area contributed by atoms with Crippen molar-refractivity contribution in [3.05, 3.63) is 71.9 Å². The van der Waals surface area contributed by atoms with Gasteiger partial charge in [0.2, 0.25) is 5.95 Å². The van der Waals surface area contributed by atoms with Gasteiger partial charge in [-0.2, -0.15) is 4.39 Å². The first kappa shape index (κ1) is 12.0. The molecule has 0 saturated heterocycles. The van der Waals surface area contributed by atoms with E-state index >= 15 is 0 Å². The molecule has 0 aliphatic rings. The SMILES string of the molecule is O=C(NC=Cc1ccccc1)c1cccnc1F. The van der Waals surface area contributed by atoms with E-state index < -0.39 is 11.9 Å². The molecule has 1 amide bonds. The van der Waals surface area contributed by atoms with Crippen LogP contribution < -0.4 is 5.32 Å². The molecule has 0 spiro atoms. The second-order valence-electron chi connectivity index (χ2n) is 3.56. The number of nitrogens with one attached hydrogen (secondary N) is 1. The quantitative estimate of drug-likeness (QED) is 0.841. The highest BCUT2D eigenvalue weighted by atomic mass is 19.1. The first-order valence-corrected chi connectivity index (χ1v) is 5.40. The fourth-order valence-electron chi connectivity index (χ4n) is 1.41. The van der Waals surface area contributed by atoms with Crippen LogP contribution in [0, 0.1) is 5.95 Å². The minimum Gasteiger partial charge on any atom is -0.328 e. The van der Waals surface area contributed by atoms with Crippen LogP contribution in [0.25, 0.3) is 6.08 Å². The molecule has 18 heavy (non-hydrogen) atoms. The van der Waals surface area contributed by atoms with Gasteiger partial charge in [0.1, 0.15) is 0 Å². The number of amides is 1. The molecule has 0 saturated carbocycles. The zero-order chi connectivity index (χ0) is 12.8. The molecule has 0 radical (unpaired) electrons. The van der Waals surface area contributed by atoms with Gasteiger partial charge in [-0.05, 0) is 23.8 Å². The Kier molecular flexibility index (Phi) is 3.81. The van der Waals surface area contributed by atoms with E-state index in [1.807, 2.05) is 30.3 Å². The molecule has 1 aromatic heterocycles. The van der Waals surface area contributed by atoms with Crippen molar-refractivity contribution in [2.24, 2.45) is 0 Å². The summed E-state index contributed by atoms with van der Waals surface area (Å²) in [6.45, 7) is 0. The molecule has 1 aromatic carbocycles. The van der Waals surface area contributed by atoms with Crippen molar-refractivity contribution in [3.63, 3.8) is 0 Å². The number of benzene rings is 1. The Bertz CT molecular complexity index is 567. The van der Waals surface area contributed by atoms with Crippen LogP contribution >= 0.6 is 0 Å².